The summed E-state index contributed by atoms with van der Waals surface area (Å²) in [6, 6.07) is 1.94. The number of aromatic nitrogens is 1. The molecule has 2 N–H and O–H groups in total. The fourth-order valence-electron chi connectivity index (χ4n) is 1.99. The second kappa shape index (κ2) is 5.62. The van der Waals surface area contributed by atoms with Crippen molar-refractivity contribution in [2.45, 2.75) is 45.3 Å². The molecule has 0 spiro atoms. The Labute approximate surface area is 125 Å². The molecule has 1 aromatic heterocycles. The summed E-state index contributed by atoms with van der Waals surface area (Å²) in [4.78, 5) is 14.9. The molecule has 0 aromatic carbocycles. The van der Waals surface area contributed by atoms with Gasteiger partial charge in [0.05, 0.1) is 11.2 Å². The average molecular weight is 288 g/mol. The van der Waals surface area contributed by atoms with Crippen molar-refractivity contribution < 1.29 is 14.1 Å². The third-order valence-corrected chi connectivity index (χ3v) is 3.94. The first-order chi connectivity index (χ1) is 9.71. The molecule has 2 heterocycles. The summed E-state index contributed by atoms with van der Waals surface area (Å²) < 4.78 is 12.0. The first-order valence-corrected chi connectivity index (χ1v) is 6.97. The number of hydrogen-bond acceptors (Lipinski definition) is 4. The number of nitrogens with zero attached hydrogens (tertiary/aromatic N) is 1. The lowest BCUT2D eigenvalue weighted by molar-refractivity contribution is -0.117. The van der Waals surface area contributed by atoms with E-state index in [0.29, 0.717) is 0 Å². The van der Waals surface area contributed by atoms with Gasteiger partial charge in [0, 0.05) is 24.3 Å². The van der Waals surface area contributed by atoms with Crippen LogP contribution in [-0.4, -0.2) is 29.2 Å². The van der Waals surface area contributed by atoms with Crippen LogP contribution in [0.5, 0.6) is 0 Å². The Morgan fingerprint density at radius 2 is 1.90 bits per heavy atom. The van der Waals surface area contributed by atoms with Crippen molar-refractivity contribution in [2.24, 2.45) is 5.73 Å². The number of hydrogen-bond donors (Lipinski definition) is 1. The van der Waals surface area contributed by atoms with E-state index < -0.39 is 7.12 Å². The fourth-order valence-corrected chi connectivity index (χ4v) is 1.99. The SMILES string of the molecule is CC1(C)OB(c2cncc(C=CCC(N)=O)c2)OC1(C)C. The third kappa shape index (κ3) is 3.51. The zero-order valence-electron chi connectivity index (χ0n) is 12.9. The van der Waals surface area contributed by atoms with Crippen molar-refractivity contribution in [3.63, 3.8) is 0 Å². The van der Waals surface area contributed by atoms with Gasteiger partial charge in [-0.25, -0.2) is 0 Å². The summed E-state index contributed by atoms with van der Waals surface area (Å²) in [5.41, 5.74) is 6.08. The van der Waals surface area contributed by atoms with Crippen LogP contribution in [0.2, 0.25) is 0 Å². The molecule has 0 aliphatic carbocycles. The molecule has 2 rings (SSSR count). The number of pyridine rings is 1. The van der Waals surface area contributed by atoms with E-state index in [-0.39, 0.29) is 23.5 Å². The number of nitrogens with two attached hydrogens (primary N) is 1. The Morgan fingerprint density at radius 3 is 2.48 bits per heavy atom. The molecule has 21 heavy (non-hydrogen) atoms. The molecular weight excluding hydrogens is 267 g/mol. The number of primary amides is 1. The van der Waals surface area contributed by atoms with Crippen molar-refractivity contribution in [3.05, 3.63) is 30.1 Å². The van der Waals surface area contributed by atoms with E-state index in [1.165, 1.54) is 0 Å². The van der Waals surface area contributed by atoms with E-state index in [1.807, 2.05) is 39.8 Å². The van der Waals surface area contributed by atoms with Gasteiger partial charge >= 0.3 is 7.12 Å². The predicted octanol–water partition coefficient (Wildman–Crippen LogP) is 1.27. The maximum absolute atomic E-state index is 10.7. The van der Waals surface area contributed by atoms with Gasteiger partial charge < -0.3 is 15.0 Å². The lowest BCUT2D eigenvalue weighted by Crippen LogP contribution is -2.41. The standard InChI is InChI=1S/C15H21BN2O3/c1-14(2)15(3,4)21-16(20-14)12-8-11(9-18-10-12)6-5-7-13(17)19/h5-6,8-10H,7H2,1-4H3,(H2,17,19). The molecule has 0 bridgehead atoms. The molecule has 0 saturated carbocycles. The van der Waals surface area contributed by atoms with Gasteiger partial charge in [-0.15, -0.1) is 0 Å². The van der Waals surface area contributed by atoms with E-state index in [0.717, 1.165) is 11.0 Å². The second-order valence-corrected chi connectivity index (χ2v) is 6.21. The Bertz CT molecular complexity index is 554. The zero-order valence-corrected chi connectivity index (χ0v) is 12.9. The van der Waals surface area contributed by atoms with Crippen LogP contribution in [-0.2, 0) is 14.1 Å². The van der Waals surface area contributed by atoms with Crippen molar-refractivity contribution in [2.75, 3.05) is 0 Å². The van der Waals surface area contributed by atoms with Crippen molar-refractivity contribution >= 4 is 24.6 Å². The Hall–Kier alpha value is -1.66. The Balaban J connectivity index is 2.16. The molecule has 1 aliphatic rings. The van der Waals surface area contributed by atoms with E-state index in [4.69, 9.17) is 15.0 Å². The maximum atomic E-state index is 10.7. The molecular formula is C15H21BN2O3. The van der Waals surface area contributed by atoms with Crippen LogP contribution in [0.1, 0.15) is 39.7 Å². The lowest BCUT2D eigenvalue weighted by Gasteiger charge is -2.32. The van der Waals surface area contributed by atoms with Crippen LogP contribution in [0.3, 0.4) is 0 Å². The van der Waals surface area contributed by atoms with Crippen LogP contribution >= 0.6 is 0 Å². The van der Waals surface area contributed by atoms with Crippen molar-refractivity contribution in [1.29, 1.82) is 0 Å². The summed E-state index contributed by atoms with van der Waals surface area (Å²) in [5.74, 6) is -0.360. The largest absolute Gasteiger partial charge is 0.496 e. The van der Waals surface area contributed by atoms with Gasteiger partial charge in [0.25, 0.3) is 0 Å². The highest BCUT2D eigenvalue weighted by Crippen LogP contribution is 2.36. The van der Waals surface area contributed by atoms with Gasteiger partial charge in [0.2, 0.25) is 5.91 Å². The summed E-state index contributed by atoms with van der Waals surface area (Å²) in [6.45, 7) is 8.04. The minimum atomic E-state index is -0.438. The highest BCUT2D eigenvalue weighted by molar-refractivity contribution is 6.62. The van der Waals surface area contributed by atoms with Crippen LogP contribution < -0.4 is 11.2 Å². The summed E-state index contributed by atoms with van der Waals surface area (Å²) >= 11 is 0. The number of amides is 1. The molecule has 1 aromatic rings. The third-order valence-electron chi connectivity index (χ3n) is 3.94. The van der Waals surface area contributed by atoms with Gasteiger partial charge in [-0.3, -0.25) is 9.78 Å². The second-order valence-electron chi connectivity index (χ2n) is 6.21. The first-order valence-electron chi connectivity index (χ1n) is 6.97. The molecule has 0 unspecified atom stereocenters. The van der Waals surface area contributed by atoms with E-state index >= 15 is 0 Å². The lowest BCUT2D eigenvalue weighted by atomic mass is 9.80. The normalized spacial score (nSPS) is 20.1. The van der Waals surface area contributed by atoms with Crippen LogP contribution in [0.15, 0.2) is 24.5 Å². The maximum Gasteiger partial charge on any atom is 0.496 e. The molecule has 0 atom stereocenters. The average Bonchev–Trinajstić information content (AvgIpc) is 2.58. The Kier molecular flexibility index (Phi) is 4.21. The first kappa shape index (κ1) is 15.7. The van der Waals surface area contributed by atoms with Gasteiger partial charge in [-0.05, 0) is 33.3 Å². The summed E-state index contributed by atoms with van der Waals surface area (Å²) in [5, 5.41) is 0. The topological polar surface area (TPSA) is 74.4 Å². The minimum Gasteiger partial charge on any atom is -0.399 e. The van der Waals surface area contributed by atoms with Gasteiger partial charge in [0.1, 0.15) is 0 Å². The smallest absolute Gasteiger partial charge is 0.399 e. The molecule has 1 aliphatic heterocycles. The Morgan fingerprint density at radius 1 is 1.29 bits per heavy atom. The van der Waals surface area contributed by atoms with E-state index in [1.54, 1.807) is 18.5 Å². The highest BCUT2D eigenvalue weighted by Gasteiger charge is 2.51. The zero-order chi connectivity index (χ0) is 15.7. The van der Waals surface area contributed by atoms with Gasteiger partial charge in [-0.1, -0.05) is 18.2 Å². The summed E-state index contributed by atoms with van der Waals surface area (Å²) in [7, 11) is -0.438. The molecule has 1 fully saturated rings. The molecule has 6 heteroatoms. The summed E-state index contributed by atoms with van der Waals surface area (Å²) in [6.07, 6.45) is 7.18. The molecule has 112 valence electrons. The molecule has 1 amide bonds. The van der Waals surface area contributed by atoms with Crippen molar-refractivity contribution in [3.8, 4) is 0 Å². The minimum absolute atomic E-state index is 0.209. The number of carbonyl (C=O) groups excluding carboxylic acids is 1. The van der Waals surface area contributed by atoms with Gasteiger partial charge in [-0.2, -0.15) is 0 Å². The molecule has 0 radical (unpaired) electrons. The predicted molar refractivity (Wildman–Crippen MR) is 82.8 cm³/mol. The quantitative estimate of drug-likeness (QED) is 0.847. The van der Waals surface area contributed by atoms with Crippen LogP contribution in [0.25, 0.3) is 6.08 Å². The van der Waals surface area contributed by atoms with Gasteiger partial charge in [0.15, 0.2) is 0 Å². The van der Waals surface area contributed by atoms with E-state index in [2.05, 4.69) is 4.98 Å². The molecule has 1 saturated heterocycles. The van der Waals surface area contributed by atoms with E-state index in [9.17, 15) is 4.79 Å². The van der Waals surface area contributed by atoms with Crippen molar-refractivity contribution in [1.82, 2.24) is 4.98 Å². The fraction of sp³-hybridized carbons (Fsp3) is 0.467. The highest BCUT2D eigenvalue weighted by atomic mass is 16.7. The number of carbonyl (C=O) groups is 1. The van der Waals surface area contributed by atoms with Crippen LogP contribution in [0.4, 0.5) is 0 Å². The monoisotopic (exact) mass is 288 g/mol. The van der Waals surface area contributed by atoms with Crippen LogP contribution in [0, 0.1) is 0 Å². The molecule has 5 nitrogen and oxygen atoms in total. The number of rotatable bonds is 4.